The Labute approximate surface area is 396 Å². The zero-order valence-corrected chi connectivity index (χ0v) is 37.3. The van der Waals surface area contributed by atoms with Crippen molar-refractivity contribution in [2.75, 3.05) is 4.90 Å². The second-order valence-corrected chi connectivity index (χ2v) is 18.8. The van der Waals surface area contributed by atoms with Gasteiger partial charge in [0, 0.05) is 39.3 Å². The van der Waals surface area contributed by atoms with E-state index in [2.05, 4.69) is 0 Å². The van der Waals surface area contributed by atoms with E-state index >= 15 is 65.9 Å². The molecule has 0 amide bonds. The van der Waals surface area contributed by atoms with Crippen LogP contribution in [0, 0.1) is 27.7 Å². The molecule has 71 heavy (non-hydrogen) atoms. The second kappa shape index (κ2) is 14.5. The van der Waals surface area contributed by atoms with Gasteiger partial charge in [-0.05, 0) is 83.9 Å². The molecule has 0 aromatic heterocycles. The van der Waals surface area contributed by atoms with Crippen molar-refractivity contribution in [3.8, 4) is 22.3 Å². The molecule has 0 unspecified atom stereocenters. The first-order chi connectivity index (χ1) is 33.1. The van der Waals surface area contributed by atoms with Crippen molar-refractivity contribution in [3.63, 3.8) is 0 Å². The van der Waals surface area contributed by atoms with Gasteiger partial charge in [-0.15, -0.1) is 0 Å². The minimum Gasteiger partial charge on any atom is -0.313 e. The van der Waals surface area contributed by atoms with E-state index in [4.69, 9.17) is 0 Å². The summed E-state index contributed by atoms with van der Waals surface area (Å²) in [5.74, 6) is -34.5. The van der Waals surface area contributed by atoms with Gasteiger partial charge in [-0.2, -0.15) is 65.9 Å². The molecule has 11 rings (SSSR count). The van der Waals surface area contributed by atoms with Gasteiger partial charge < -0.3 is 4.90 Å². The zero-order valence-electron chi connectivity index (χ0n) is 37.3. The highest BCUT2D eigenvalue weighted by molar-refractivity contribution is 7.02. The Morgan fingerprint density at radius 3 is 1.00 bits per heavy atom. The fourth-order valence-corrected chi connectivity index (χ4v) is 11.5. The fourth-order valence-electron chi connectivity index (χ4n) is 11.5. The Morgan fingerprint density at radius 1 is 0.380 bits per heavy atom. The smallest absolute Gasteiger partial charge is 0.313 e. The summed E-state index contributed by atoms with van der Waals surface area (Å²) in [5, 5.41) is 0. The van der Waals surface area contributed by atoms with Gasteiger partial charge in [0.1, 0.15) is 0 Å². The van der Waals surface area contributed by atoms with Crippen molar-refractivity contribution in [3.05, 3.63) is 171 Å². The van der Waals surface area contributed by atoms with Gasteiger partial charge in [-0.25, -0.2) is 0 Å². The van der Waals surface area contributed by atoms with Gasteiger partial charge in [-0.3, -0.25) is 0 Å². The molecule has 1 nitrogen and oxygen atoms in total. The standard InChI is InChI=1S/C53H32B2F15N/c1-25-15-31(29-11-7-5-8-12-29)16-26(2)44(25)54-38-21-34-36(49(60,61)52(67,68)47(34,56)57)23-42(38)71-43-24-37-35(48(58,59)53(69,70)50(37,62)63)22-39(43)55(41-20-33(51(64,65)66)19-40(54)46(41)71)45-27(3)17-32(18-28(45)4)30-13-9-6-10-14-30/h5-24H,1-4H3. The number of hydrogen-bond acceptors (Lipinski definition) is 1. The van der Waals surface area contributed by atoms with Gasteiger partial charge in [0.15, 0.2) is 0 Å². The molecule has 0 radical (unpaired) electrons. The third-order valence-electron chi connectivity index (χ3n) is 14.7. The maximum Gasteiger partial charge on any atom is 0.416 e. The van der Waals surface area contributed by atoms with Gasteiger partial charge >= 0.3 is 41.7 Å². The average Bonchev–Trinajstić information content (AvgIpc) is 3.47. The molecule has 2 aliphatic heterocycles. The number of aryl methyl sites for hydroxylation is 4. The Hall–Kier alpha value is -6.58. The number of nitrogens with zero attached hydrogens (tertiary/aromatic N) is 1. The summed E-state index contributed by atoms with van der Waals surface area (Å²) in [6, 6.07) is 26.6. The van der Waals surface area contributed by atoms with Crippen LogP contribution in [0.3, 0.4) is 0 Å². The van der Waals surface area contributed by atoms with Crippen molar-refractivity contribution in [1.29, 1.82) is 0 Å². The van der Waals surface area contributed by atoms with E-state index in [9.17, 15) is 0 Å². The van der Waals surface area contributed by atoms with Crippen LogP contribution < -0.4 is 37.7 Å². The Morgan fingerprint density at radius 2 is 0.690 bits per heavy atom. The average molecular weight is 989 g/mol. The number of halogens is 15. The first kappa shape index (κ1) is 46.8. The summed E-state index contributed by atoms with van der Waals surface area (Å²) >= 11 is 0. The lowest BCUT2D eigenvalue weighted by Crippen LogP contribution is -2.66. The largest absolute Gasteiger partial charge is 0.416 e. The topological polar surface area (TPSA) is 3.24 Å². The number of fused-ring (bicyclic) bond motifs is 6. The fraction of sp³-hybridized carbons (Fsp3) is 0.208. The molecule has 360 valence electrons. The Bertz CT molecular complexity index is 3180. The monoisotopic (exact) mass is 989 g/mol. The highest BCUT2D eigenvalue weighted by Crippen LogP contribution is 2.65. The molecule has 0 spiro atoms. The highest BCUT2D eigenvalue weighted by atomic mass is 19.4. The van der Waals surface area contributed by atoms with Crippen LogP contribution in [-0.4, -0.2) is 25.3 Å². The third-order valence-corrected chi connectivity index (χ3v) is 14.7. The molecule has 0 saturated carbocycles. The summed E-state index contributed by atoms with van der Waals surface area (Å²) in [7, 11) is 0. The normalized spacial score (nSPS) is 18.9. The van der Waals surface area contributed by atoms with Crippen LogP contribution in [0.2, 0.25) is 0 Å². The summed E-state index contributed by atoms with van der Waals surface area (Å²) in [6.45, 7) is 2.82. The summed E-state index contributed by atoms with van der Waals surface area (Å²) < 4.78 is 236. The molecule has 0 atom stereocenters. The molecule has 18 heteroatoms. The van der Waals surface area contributed by atoms with Crippen LogP contribution in [0.4, 0.5) is 82.9 Å². The SMILES string of the molecule is Cc1cc(-c2ccccc2)cc(C)c1B1c2cc3c(cc2N2c4cc5c(cc4B(c4c(C)cc(-c6ccccc6)cc4C)c4cc(C(F)(F)F)cc1c42)C(F)(F)C(F)(F)C5(F)F)C(F)(F)C(F)(F)C3(F)F. The lowest BCUT2D eigenvalue weighted by molar-refractivity contribution is -0.302. The van der Waals surface area contributed by atoms with Crippen molar-refractivity contribution in [1.82, 2.24) is 0 Å². The van der Waals surface area contributed by atoms with E-state index in [0.29, 0.717) is 68.8 Å². The molecular weight excluding hydrogens is 957 g/mol. The first-order valence-corrected chi connectivity index (χ1v) is 22.1. The molecule has 2 aliphatic carbocycles. The van der Waals surface area contributed by atoms with Crippen molar-refractivity contribution in [2.45, 2.75) is 69.4 Å². The molecule has 7 aromatic carbocycles. The molecule has 2 heterocycles. The molecule has 4 aliphatic rings. The van der Waals surface area contributed by atoms with Crippen molar-refractivity contribution < 1.29 is 65.9 Å². The molecule has 0 bridgehead atoms. The first-order valence-electron chi connectivity index (χ1n) is 22.1. The Balaban J connectivity index is 1.31. The van der Waals surface area contributed by atoms with E-state index < -0.39 is 116 Å². The van der Waals surface area contributed by atoms with Crippen LogP contribution in [0.1, 0.15) is 50.1 Å². The zero-order chi connectivity index (χ0) is 51.1. The molecule has 0 saturated heterocycles. The number of hydrogen-bond donors (Lipinski definition) is 0. The van der Waals surface area contributed by atoms with Gasteiger partial charge in [0.25, 0.3) is 0 Å². The number of rotatable bonds is 4. The summed E-state index contributed by atoms with van der Waals surface area (Å²) in [5.41, 5.74) is -8.53. The van der Waals surface area contributed by atoms with E-state index in [1.165, 1.54) is 0 Å². The lowest BCUT2D eigenvalue weighted by Gasteiger charge is -2.45. The van der Waals surface area contributed by atoms with Crippen LogP contribution in [0.5, 0.6) is 0 Å². The summed E-state index contributed by atoms with van der Waals surface area (Å²) in [6.07, 6.45) is -5.24. The van der Waals surface area contributed by atoms with Crippen LogP contribution in [0.25, 0.3) is 22.3 Å². The Kier molecular flexibility index (Phi) is 9.57. The van der Waals surface area contributed by atoms with E-state index in [1.807, 2.05) is 0 Å². The highest BCUT2D eigenvalue weighted by Gasteiger charge is 2.80. The number of alkyl halides is 15. The van der Waals surface area contributed by atoms with Crippen molar-refractivity contribution in [2.24, 2.45) is 0 Å². The number of anilines is 3. The lowest BCUT2D eigenvalue weighted by atomic mass is 9.29. The molecular formula is C53H32B2F15N. The van der Waals surface area contributed by atoms with Gasteiger partial charge in [-0.1, -0.05) is 142 Å². The maximum atomic E-state index is 16.0. The third kappa shape index (κ3) is 6.02. The van der Waals surface area contributed by atoms with Crippen LogP contribution in [0.15, 0.2) is 121 Å². The predicted molar refractivity (Wildman–Crippen MR) is 244 cm³/mol. The molecule has 0 N–H and O–H groups in total. The predicted octanol–water partition coefficient (Wildman–Crippen LogP) is 12.1. The minimum atomic E-state index is -6.07. The number of benzene rings is 7. The van der Waals surface area contributed by atoms with Crippen molar-refractivity contribution >= 4 is 63.3 Å². The van der Waals surface area contributed by atoms with Crippen LogP contribution >= 0.6 is 0 Å². The van der Waals surface area contributed by atoms with E-state index in [-0.39, 0.29) is 28.7 Å². The second-order valence-electron chi connectivity index (χ2n) is 18.8. The molecule has 0 fully saturated rings. The van der Waals surface area contributed by atoms with Gasteiger partial charge in [0.2, 0.25) is 13.4 Å². The molecule has 7 aromatic rings. The maximum absolute atomic E-state index is 16.0. The van der Waals surface area contributed by atoms with E-state index in [1.54, 1.807) is 113 Å². The van der Waals surface area contributed by atoms with E-state index in [0.717, 1.165) is 4.90 Å². The minimum absolute atomic E-state index is 0.133. The van der Waals surface area contributed by atoms with Gasteiger partial charge in [0.05, 0.1) is 5.56 Å². The summed E-state index contributed by atoms with van der Waals surface area (Å²) in [4.78, 5) is 0.796. The quantitative estimate of drug-likeness (QED) is 0.125. The van der Waals surface area contributed by atoms with Crippen LogP contribution in [-0.2, 0) is 29.9 Å².